The van der Waals surface area contributed by atoms with Crippen molar-refractivity contribution in [3.05, 3.63) is 148 Å². The number of para-hydroxylation sites is 1. The molecule has 0 bridgehead atoms. The van der Waals surface area contributed by atoms with Gasteiger partial charge in [-0.2, -0.15) is 0 Å². The Hall–Kier alpha value is -4.25. The van der Waals surface area contributed by atoms with Crippen LogP contribution in [0.4, 0.5) is 5.69 Å². The molecule has 5 aromatic rings. The maximum Gasteiger partial charge on any atom is 0.291 e. The molecule has 0 spiro atoms. The van der Waals surface area contributed by atoms with Gasteiger partial charge in [0.25, 0.3) is 5.82 Å². The number of halogens is 1. The van der Waals surface area contributed by atoms with E-state index in [1.165, 1.54) is 11.1 Å². The minimum Gasteiger partial charge on any atom is -0.457 e. The number of hydrogen-bond donors (Lipinski definition) is 0. The van der Waals surface area contributed by atoms with Crippen LogP contribution in [0.25, 0.3) is 4.85 Å². The first-order valence-electron chi connectivity index (χ1n) is 13.2. The zero-order valence-corrected chi connectivity index (χ0v) is 24.0. The molecule has 4 aromatic carbocycles. The van der Waals surface area contributed by atoms with E-state index < -0.39 is 0 Å². The van der Waals surface area contributed by atoms with E-state index in [2.05, 4.69) is 66.6 Å². The Morgan fingerprint density at radius 1 is 0.825 bits per heavy atom. The van der Waals surface area contributed by atoms with E-state index in [1.807, 2.05) is 84.8 Å². The molecule has 200 valence electrons. The highest BCUT2D eigenvalue weighted by Gasteiger charge is 2.20. The molecule has 0 radical (unpaired) electrons. The van der Waals surface area contributed by atoms with Gasteiger partial charge in [0.1, 0.15) is 11.5 Å². The predicted octanol–water partition coefficient (Wildman–Crippen LogP) is 7.11. The minimum atomic E-state index is 0.652. The molecular formula is C33H31BrN5O+. The van der Waals surface area contributed by atoms with Crippen molar-refractivity contribution in [2.24, 2.45) is 7.05 Å². The van der Waals surface area contributed by atoms with Gasteiger partial charge in [0.05, 0.1) is 26.7 Å². The van der Waals surface area contributed by atoms with Crippen LogP contribution in [0, 0.1) is 6.57 Å². The summed E-state index contributed by atoms with van der Waals surface area (Å²) in [7, 11) is 1.96. The van der Waals surface area contributed by atoms with Crippen molar-refractivity contribution < 1.29 is 9.30 Å². The number of ether oxygens (including phenoxy) is 1. The predicted molar refractivity (Wildman–Crippen MR) is 160 cm³/mol. The SMILES string of the molecule is [C-]#[N+]c1ccc(C[n+]2cn(C)nc2CN(CCc2ccc(Br)cc2)Cc2ccc(Oc3ccccc3)cc2)cc1. The standard InChI is InChI=1S/C33H31BrN5O/c1-35-30-16-10-28(11-17-30)23-39-25-37(2)36-33(39)24-38(21-20-26-8-14-29(34)15-9-26)22-27-12-18-32(19-13-27)40-31-6-4-3-5-7-31/h3-19,25H,20-24H2,2H3/q+1. The van der Waals surface area contributed by atoms with E-state index in [9.17, 15) is 0 Å². The van der Waals surface area contributed by atoms with Crippen LogP contribution in [-0.2, 0) is 33.1 Å². The van der Waals surface area contributed by atoms with Crippen LogP contribution in [0.2, 0.25) is 0 Å². The van der Waals surface area contributed by atoms with Gasteiger partial charge >= 0.3 is 0 Å². The van der Waals surface area contributed by atoms with Crippen LogP contribution < -0.4 is 9.30 Å². The summed E-state index contributed by atoms with van der Waals surface area (Å²) in [6, 6.07) is 34.5. The van der Waals surface area contributed by atoms with Crippen molar-refractivity contribution in [1.82, 2.24) is 14.7 Å². The third-order valence-electron chi connectivity index (χ3n) is 6.63. The van der Waals surface area contributed by atoms with Crippen LogP contribution in [0.3, 0.4) is 0 Å². The first-order valence-corrected chi connectivity index (χ1v) is 14.0. The highest BCUT2D eigenvalue weighted by atomic mass is 79.9. The fourth-order valence-corrected chi connectivity index (χ4v) is 4.82. The lowest BCUT2D eigenvalue weighted by atomic mass is 10.1. The van der Waals surface area contributed by atoms with Crippen molar-refractivity contribution in [2.45, 2.75) is 26.1 Å². The average Bonchev–Trinajstić information content (AvgIpc) is 3.32. The second-order valence-corrected chi connectivity index (χ2v) is 10.7. The van der Waals surface area contributed by atoms with E-state index in [4.69, 9.17) is 16.4 Å². The summed E-state index contributed by atoms with van der Waals surface area (Å²) >= 11 is 3.54. The van der Waals surface area contributed by atoms with E-state index in [-0.39, 0.29) is 0 Å². The molecule has 6 nitrogen and oxygen atoms in total. The lowest BCUT2D eigenvalue weighted by molar-refractivity contribution is -0.697. The summed E-state index contributed by atoms with van der Waals surface area (Å²) in [6.45, 7) is 10.3. The lowest BCUT2D eigenvalue weighted by Crippen LogP contribution is -2.40. The summed E-state index contributed by atoms with van der Waals surface area (Å²) in [5, 5.41) is 4.81. The first kappa shape index (κ1) is 27.3. The largest absolute Gasteiger partial charge is 0.457 e. The summed E-state index contributed by atoms with van der Waals surface area (Å²) < 4.78 is 11.1. The topological polar surface area (TPSA) is 38.5 Å². The lowest BCUT2D eigenvalue weighted by Gasteiger charge is -2.21. The molecule has 0 aliphatic carbocycles. The highest BCUT2D eigenvalue weighted by Crippen LogP contribution is 2.22. The molecule has 7 heteroatoms. The molecule has 0 saturated heterocycles. The Labute approximate surface area is 244 Å². The van der Waals surface area contributed by atoms with Crippen LogP contribution >= 0.6 is 15.9 Å². The molecule has 0 fully saturated rings. The average molecular weight is 594 g/mol. The van der Waals surface area contributed by atoms with Gasteiger partial charge in [0.15, 0.2) is 5.69 Å². The van der Waals surface area contributed by atoms with Crippen LogP contribution in [0.15, 0.2) is 114 Å². The third-order valence-corrected chi connectivity index (χ3v) is 7.16. The molecule has 0 amide bonds. The van der Waals surface area contributed by atoms with E-state index in [1.54, 1.807) is 0 Å². The molecule has 0 atom stereocenters. The van der Waals surface area contributed by atoms with Gasteiger partial charge in [-0.25, -0.2) is 9.41 Å². The molecule has 1 heterocycles. The maximum atomic E-state index is 7.21. The monoisotopic (exact) mass is 592 g/mol. The second kappa shape index (κ2) is 13.2. The normalized spacial score (nSPS) is 10.9. The summed E-state index contributed by atoms with van der Waals surface area (Å²) in [5.74, 6) is 2.65. The van der Waals surface area contributed by atoms with Crippen molar-refractivity contribution in [3.8, 4) is 11.5 Å². The number of hydrogen-bond acceptors (Lipinski definition) is 3. The van der Waals surface area contributed by atoms with Gasteiger partial charge in [0.2, 0.25) is 6.33 Å². The van der Waals surface area contributed by atoms with Gasteiger partial charge in [0, 0.05) is 22.7 Å². The second-order valence-electron chi connectivity index (χ2n) is 9.76. The molecule has 0 aliphatic rings. The minimum absolute atomic E-state index is 0.652. The number of aromatic nitrogens is 3. The molecule has 40 heavy (non-hydrogen) atoms. The van der Waals surface area contributed by atoms with Gasteiger partial charge in [-0.05, 0) is 59.5 Å². The van der Waals surface area contributed by atoms with Gasteiger partial charge in [-0.15, -0.1) is 4.68 Å². The van der Waals surface area contributed by atoms with Gasteiger partial charge in [-0.3, -0.25) is 4.90 Å². The number of benzene rings is 4. The fraction of sp³-hybridized carbons (Fsp3) is 0.182. The summed E-state index contributed by atoms with van der Waals surface area (Å²) in [6.07, 6.45) is 2.97. The zero-order chi connectivity index (χ0) is 27.7. The van der Waals surface area contributed by atoms with Crippen molar-refractivity contribution in [2.75, 3.05) is 6.54 Å². The van der Waals surface area contributed by atoms with Crippen molar-refractivity contribution in [3.63, 3.8) is 0 Å². The quantitative estimate of drug-likeness (QED) is 0.121. The van der Waals surface area contributed by atoms with Crippen LogP contribution in [-0.4, -0.2) is 21.2 Å². The number of aryl methyl sites for hydroxylation is 1. The zero-order valence-electron chi connectivity index (χ0n) is 22.5. The van der Waals surface area contributed by atoms with Crippen molar-refractivity contribution in [1.29, 1.82) is 0 Å². The first-order chi connectivity index (χ1) is 19.5. The molecule has 0 unspecified atom stereocenters. The Balaban J connectivity index is 1.32. The van der Waals surface area contributed by atoms with E-state index >= 15 is 0 Å². The highest BCUT2D eigenvalue weighted by molar-refractivity contribution is 9.10. The Morgan fingerprint density at radius 3 is 2.17 bits per heavy atom. The maximum absolute atomic E-state index is 7.21. The summed E-state index contributed by atoms with van der Waals surface area (Å²) in [4.78, 5) is 5.95. The van der Waals surface area contributed by atoms with Crippen molar-refractivity contribution >= 4 is 21.6 Å². The smallest absolute Gasteiger partial charge is 0.291 e. The molecular weight excluding hydrogens is 562 g/mol. The third kappa shape index (κ3) is 7.66. The van der Waals surface area contributed by atoms with Gasteiger partial charge < -0.3 is 4.74 Å². The number of nitrogens with zero attached hydrogens (tertiary/aromatic N) is 5. The fourth-order valence-electron chi connectivity index (χ4n) is 4.56. The van der Waals surface area contributed by atoms with Gasteiger partial charge in [-0.1, -0.05) is 82.7 Å². The van der Waals surface area contributed by atoms with Crippen LogP contribution in [0.5, 0.6) is 11.5 Å². The summed E-state index contributed by atoms with van der Waals surface area (Å²) in [5.41, 5.74) is 4.31. The van der Waals surface area contributed by atoms with E-state index in [0.29, 0.717) is 18.8 Å². The molecule has 5 rings (SSSR count). The molecule has 1 aromatic heterocycles. The molecule has 0 aliphatic heterocycles. The number of rotatable bonds is 11. The van der Waals surface area contributed by atoms with E-state index in [0.717, 1.165) is 46.9 Å². The molecule has 0 N–H and O–H groups in total. The Kier molecular flexibility index (Phi) is 9.02. The molecule has 0 saturated carbocycles. The Bertz CT molecular complexity index is 1560. The Morgan fingerprint density at radius 2 is 1.48 bits per heavy atom. The van der Waals surface area contributed by atoms with Crippen LogP contribution in [0.1, 0.15) is 22.5 Å².